The Hall–Kier alpha value is -1.51. The molecule has 1 aromatic carbocycles. The van der Waals surface area contributed by atoms with E-state index in [2.05, 4.69) is 12.2 Å². The maximum Gasteiger partial charge on any atom is 0.340 e. The Labute approximate surface area is 121 Å². The molecule has 0 aliphatic heterocycles. The van der Waals surface area contributed by atoms with E-state index in [1.54, 1.807) is 0 Å². The molecule has 1 aromatic rings. The first-order valence-corrected chi connectivity index (χ1v) is 7.79. The molecule has 0 bridgehead atoms. The molecule has 0 aromatic heterocycles. The highest BCUT2D eigenvalue weighted by Crippen LogP contribution is 2.30. The number of rotatable bonds is 5. The lowest BCUT2D eigenvalue weighted by atomic mass is 9.82. The molecule has 3 nitrogen and oxygen atoms in total. The number of carbonyl (C=O) groups is 1. The van der Waals surface area contributed by atoms with E-state index in [0.717, 1.165) is 5.69 Å². The van der Waals surface area contributed by atoms with E-state index in [1.165, 1.54) is 32.1 Å². The van der Waals surface area contributed by atoms with Crippen molar-refractivity contribution in [3.8, 4) is 0 Å². The second-order valence-electron chi connectivity index (χ2n) is 5.47. The van der Waals surface area contributed by atoms with Crippen LogP contribution in [-0.4, -0.2) is 18.6 Å². The van der Waals surface area contributed by atoms with Crippen molar-refractivity contribution in [2.24, 2.45) is 5.92 Å². The zero-order valence-electron chi connectivity index (χ0n) is 12.5. The molecule has 0 saturated heterocycles. The molecule has 20 heavy (non-hydrogen) atoms. The van der Waals surface area contributed by atoms with E-state index in [9.17, 15) is 4.79 Å². The fraction of sp³-hybridized carbons (Fsp3) is 0.588. The minimum atomic E-state index is -0.237. The van der Waals surface area contributed by atoms with Crippen LogP contribution in [0, 0.1) is 5.92 Å². The van der Waals surface area contributed by atoms with Gasteiger partial charge in [0.2, 0.25) is 0 Å². The Morgan fingerprint density at radius 2 is 2.00 bits per heavy atom. The summed E-state index contributed by atoms with van der Waals surface area (Å²) in [6.45, 7) is 4.50. The molecule has 1 saturated carbocycles. The van der Waals surface area contributed by atoms with Crippen molar-refractivity contribution >= 4 is 11.7 Å². The summed E-state index contributed by atoms with van der Waals surface area (Å²) in [6.07, 6.45) is 6.27. The topological polar surface area (TPSA) is 38.3 Å². The van der Waals surface area contributed by atoms with Crippen LogP contribution in [0.2, 0.25) is 0 Å². The lowest BCUT2D eigenvalue weighted by molar-refractivity contribution is 0.0527. The van der Waals surface area contributed by atoms with Gasteiger partial charge < -0.3 is 10.1 Å². The summed E-state index contributed by atoms with van der Waals surface area (Å²) >= 11 is 0. The molecular weight excluding hydrogens is 250 g/mol. The maximum atomic E-state index is 12.0. The van der Waals surface area contributed by atoms with Gasteiger partial charge in [0, 0.05) is 11.7 Å². The highest BCUT2D eigenvalue weighted by Gasteiger charge is 2.24. The van der Waals surface area contributed by atoms with Crippen LogP contribution < -0.4 is 5.32 Å². The minimum absolute atomic E-state index is 0.237. The summed E-state index contributed by atoms with van der Waals surface area (Å²) < 4.78 is 5.13. The molecule has 0 radical (unpaired) electrons. The van der Waals surface area contributed by atoms with Crippen molar-refractivity contribution in [1.82, 2.24) is 0 Å². The lowest BCUT2D eigenvalue weighted by Gasteiger charge is -2.32. The van der Waals surface area contributed by atoms with Gasteiger partial charge in [-0.15, -0.1) is 0 Å². The van der Waals surface area contributed by atoms with Crippen LogP contribution in [0.4, 0.5) is 5.69 Å². The molecule has 2 rings (SSSR count). The summed E-state index contributed by atoms with van der Waals surface area (Å²) in [4.78, 5) is 12.0. The van der Waals surface area contributed by atoms with Gasteiger partial charge in [-0.1, -0.05) is 38.3 Å². The molecule has 3 heteroatoms. The van der Waals surface area contributed by atoms with Crippen molar-refractivity contribution in [2.45, 2.75) is 52.0 Å². The fourth-order valence-electron chi connectivity index (χ4n) is 3.08. The second-order valence-corrected chi connectivity index (χ2v) is 5.47. The van der Waals surface area contributed by atoms with Gasteiger partial charge in [0.05, 0.1) is 12.2 Å². The normalized spacial score (nSPS) is 22.3. The molecule has 1 N–H and O–H groups in total. The van der Waals surface area contributed by atoms with E-state index in [0.29, 0.717) is 24.1 Å². The predicted molar refractivity (Wildman–Crippen MR) is 82.1 cm³/mol. The summed E-state index contributed by atoms with van der Waals surface area (Å²) in [5, 5.41) is 3.59. The molecule has 2 atom stereocenters. The van der Waals surface area contributed by atoms with Gasteiger partial charge in [0.1, 0.15) is 0 Å². The minimum Gasteiger partial charge on any atom is -0.462 e. The molecule has 2 unspecified atom stereocenters. The largest absolute Gasteiger partial charge is 0.462 e. The van der Waals surface area contributed by atoms with Crippen LogP contribution in [0.1, 0.15) is 56.3 Å². The van der Waals surface area contributed by atoms with E-state index in [4.69, 9.17) is 4.74 Å². The Morgan fingerprint density at radius 1 is 1.25 bits per heavy atom. The van der Waals surface area contributed by atoms with Gasteiger partial charge in [0.15, 0.2) is 0 Å². The van der Waals surface area contributed by atoms with Crippen LogP contribution in [0.5, 0.6) is 0 Å². The number of hydrogen-bond acceptors (Lipinski definition) is 3. The fourth-order valence-corrected chi connectivity index (χ4v) is 3.08. The van der Waals surface area contributed by atoms with E-state index < -0.39 is 0 Å². The summed E-state index contributed by atoms with van der Waals surface area (Å²) in [7, 11) is 0. The maximum absolute atomic E-state index is 12.0. The van der Waals surface area contributed by atoms with Gasteiger partial charge in [-0.2, -0.15) is 0 Å². The molecular formula is C17H25NO2. The van der Waals surface area contributed by atoms with Crippen LogP contribution in [-0.2, 0) is 4.74 Å². The highest BCUT2D eigenvalue weighted by atomic mass is 16.5. The Kier molecular flexibility index (Phi) is 5.45. The number of anilines is 1. The second kappa shape index (κ2) is 7.32. The summed E-state index contributed by atoms with van der Waals surface area (Å²) in [5.41, 5.74) is 1.56. The number of esters is 1. The molecule has 1 aliphatic rings. The standard InChI is InChI=1S/C17H25NO2/c1-3-13-9-5-7-11-15(13)18-16-12-8-6-10-14(16)17(19)20-4-2/h6,8,10,12-13,15,18H,3-5,7,9,11H2,1-2H3. The number of para-hydroxylation sites is 1. The van der Waals surface area contributed by atoms with Crippen LogP contribution >= 0.6 is 0 Å². The van der Waals surface area contributed by atoms with Gasteiger partial charge in [-0.25, -0.2) is 4.79 Å². The molecule has 0 heterocycles. The Balaban J connectivity index is 2.13. The van der Waals surface area contributed by atoms with Gasteiger partial charge in [0.25, 0.3) is 0 Å². The number of hydrogen-bond donors (Lipinski definition) is 1. The Morgan fingerprint density at radius 3 is 2.75 bits per heavy atom. The molecule has 0 spiro atoms. The SMILES string of the molecule is CCOC(=O)c1ccccc1NC1CCCCC1CC. The van der Waals surface area contributed by atoms with Crippen LogP contribution in [0.3, 0.4) is 0 Å². The van der Waals surface area contributed by atoms with Crippen molar-refractivity contribution in [3.63, 3.8) is 0 Å². The number of nitrogens with one attached hydrogen (secondary N) is 1. The smallest absolute Gasteiger partial charge is 0.340 e. The van der Waals surface area contributed by atoms with Crippen molar-refractivity contribution in [3.05, 3.63) is 29.8 Å². The highest BCUT2D eigenvalue weighted by molar-refractivity contribution is 5.95. The van der Waals surface area contributed by atoms with Crippen molar-refractivity contribution in [1.29, 1.82) is 0 Å². The first-order chi connectivity index (χ1) is 9.76. The van der Waals surface area contributed by atoms with Crippen molar-refractivity contribution in [2.75, 3.05) is 11.9 Å². The van der Waals surface area contributed by atoms with Gasteiger partial charge in [-0.3, -0.25) is 0 Å². The first-order valence-electron chi connectivity index (χ1n) is 7.79. The average molecular weight is 275 g/mol. The third-order valence-electron chi connectivity index (χ3n) is 4.20. The third kappa shape index (κ3) is 3.53. The van der Waals surface area contributed by atoms with E-state index in [-0.39, 0.29) is 5.97 Å². The lowest BCUT2D eigenvalue weighted by Crippen LogP contribution is -2.32. The molecule has 1 fully saturated rings. The zero-order valence-corrected chi connectivity index (χ0v) is 12.5. The van der Waals surface area contributed by atoms with Crippen LogP contribution in [0.15, 0.2) is 24.3 Å². The predicted octanol–water partition coefficient (Wildman–Crippen LogP) is 4.24. The summed E-state index contributed by atoms with van der Waals surface area (Å²) in [5.74, 6) is 0.471. The van der Waals surface area contributed by atoms with Crippen LogP contribution in [0.25, 0.3) is 0 Å². The zero-order chi connectivity index (χ0) is 14.4. The van der Waals surface area contributed by atoms with Gasteiger partial charge in [-0.05, 0) is 37.8 Å². The number of benzene rings is 1. The molecule has 0 amide bonds. The van der Waals surface area contributed by atoms with Gasteiger partial charge >= 0.3 is 5.97 Å². The third-order valence-corrected chi connectivity index (χ3v) is 4.20. The Bertz CT molecular complexity index is 444. The average Bonchev–Trinajstić information content (AvgIpc) is 2.48. The molecule has 1 aliphatic carbocycles. The monoisotopic (exact) mass is 275 g/mol. The quantitative estimate of drug-likeness (QED) is 0.817. The molecule has 110 valence electrons. The number of carbonyl (C=O) groups excluding carboxylic acids is 1. The first kappa shape index (κ1) is 14.9. The number of ether oxygens (including phenoxy) is 1. The van der Waals surface area contributed by atoms with E-state index in [1.807, 2.05) is 31.2 Å². The van der Waals surface area contributed by atoms with Crippen molar-refractivity contribution < 1.29 is 9.53 Å². The summed E-state index contributed by atoms with van der Waals surface area (Å²) in [6, 6.07) is 8.15. The van der Waals surface area contributed by atoms with E-state index >= 15 is 0 Å².